The van der Waals surface area contributed by atoms with Crippen LogP contribution in [0.4, 0.5) is 0 Å². The molecule has 0 amide bonds. The molecule has 2 heterocycles. The predicted octanol–water partition coefficient (Wildman–Crippen LogP) is 10.9. The van der Waals surface area contributed by atoms with E-state index in [1.54, 1.807) is 24.3 Å². The molecule has 0 saturated carbocycles. The van der Waals surface area contributed by atoms with E-state index >= 15 is 0 Å². The first-order valence-corrected chi connectivity index (χ1v) is 13.6. The summed E-state index contributed by atoms with van der Waals surface area (Å²) < 4.78 is 204. The lowest BCUT2D eigenvalue weighted by atomic mass is 9.63. The molecule has 212 valence electrons. The van der Waals surface area contributed by atoms with E-state index in [9.17, 15) is 11.0 Å². The Hall–Kier alpha value is -5.86. The highest BCUT2D eigenvalue weighted by atomic mass is 16.5. The van der Waals surface area contributed by atoms with Gasteiger partial charge in [0, 0.05) is 27.6 Å². The zero-order chi connectivity index (χ0) is 48.9. The topological polar surface area (TPSA) is 14.2 Å². The van der Waals surface area contributed by atoms with E-state index in [0.717, 1.165) is 0 Å². The average Bonchev–Trinajstić information content (AvgIpc) is 3.63. The molecule has 0 unspecified atom stereocenters. The monoisotopic (exact) mass is 597 g/mol. The summed E-state index contributed by atoms with van der Waals surface area (Å²) in [4.78, 5) is 0. The second-order valence-electron chi connectivity index (χ2n) is 10.1. The molecule has 1 aromatic heterocycles. The van der Waals surface area contributed by atoms with Gasteiger partial charge in [-0.15, -0.1) is 0 Å². The minimum Gasteiger partial charge on any atom is -0.457 e. The van der Waals surface area contributed by atoms with Gasteiger partial charge in [0.25, 0.3) is 0 Å². The maximum atomic E-state index is 9.83. The standard InChI is InChI=1S/C43H29NO/c1-4-14-32(15-5-1)43(33-16-6-2-7-17-33)37-21-11-13-23-41(37)45-42-29-31(24-26-38(42)43)30-25-27-40-36(28-30)35-20-10-12-22-39(35)44(40)34-18-8-3-9-19-34/h1-29H/i1D,2D,3D,4D,5D,6D,7D,8D,9D,11D,13D,14D,15D,16D,17D,18D,19D,21D,23D,24D,26D,29D. The number of nitrogens with zero attached hydrogens (tertiary/aromatic N) is 1. The van der Waals surface area contributed by atoms with Crippen molar-refractivity contribution in [2.24, 2.45) is 0 Å². The normalized spacial score (nSPS) is 20.1. The van der Waals surface area contributed by atoms with Crippen molar-refractivity contribution in [3.63, 3.8) is 0 Å². The third kappa shape index (κ3) is 3.82. The largest absolute Gasteiger partial charge is 0.457 e. The minimum atomic E-state index is -3.09. The molecular formula is C43H29NO. The van der Waals surface area contributed by atoms with E-state index in [0.29, 0.717) is 21.8 Å². The second-order valence-corrected chi connectivity index (χ2v) is 10.1. The van der Waals surface area contributed by atoms with Gasteiger partial charge in [-0.1, -0.05) is 133 Å². The summed E-state index contributed by atoms with van der Waals surface area (Å²) in [5.74, 6) is -1.60. The van der Waals surface area contributed by atoms with Crippen LogP contribution in [0.15, 0.2) is 175 Å². The Bertz CT molecular complexity index is 3410. The maximum Gasteiger partial charge on any atom is 0.132 e. The van der Waals surface area contributed by atoms with Gasteiger partial charge in [-0.25, -0.2) is 0 Å². The molecule has 0 bridgehead atoms. The van der Waals surface area contributed by atoms with Crippen LogP contribution < -0.4 is 4.74 Å². The van der Waals surface area contributed by atoms with E-state index in [1.807, 2.05) is 0 Å². The Morgan fingerprint density at radius 3 is 1.89 bits per heavy atom. The maximum absolute atomic E-state index is 9.83. The van der Waals surface area contributed by atoms with Crippen LogP contribution in [0.1, 0.15) is 52.4 Å². The molecule has 9 rings (SSSR count). The van der Waals surface area contributed by atoms with Crippen LogP contribution in [0, 0.1) is 0 Å². The van der Waals surface area contributed by atoms with Gasteiger partial charge >= 0.3 is 0 Å². The molecule has 1 aliphatic heterocycles. The molecule has 0 N–H and O–H groups in total. The van der Waals surface area contributed by atoms with Crippen LogP contribution in [0.2, 0.25) is 0 Å². The van der Waals surface area contributed by atoms with Gasteiger partial charge in [0.1, 0.15) is 11.5 Å². The molecule has 8 aromatic rings. The third-order valence-electron chi connectivity index (χ3n) is 7.81. The Labute approximate surface area is 293 Å². The first-order valence-electron chi connectivity index (χ1n) is 24.6. The number of hydrogen-bond acceptors (Lipinski definition) is 1. The lowest BCUT2D eigenvalue weighted by Gasteiger charge is -2.41. The lowest BCUT2D eigenvalue weighted by molar-refractivity contribution is 0.435. The smallest absolute Gasteiger partial charge is 0.132 e. The molecule has 0 saturated heterocycles. The molecule has 0 fully saturated rings. The van der Waals surface area contributed by atoms with Crippen molar-refractivity contribution < 1.29 is 34.9 Å². The van der Waals surface area contributed by atoms with Crippen LogP contribution in [-0.4, -0.2) is 4.57 Å². The molecule has 0 spiro atoms. The fraction of sp³-hybridized carbons (Fsp3) is 0.0233. The molecular weight excluding hydrogens is 546 g/mol. The molecule has 2 heteroatoms. The highest BCUT2D eigenvalue weighted by Gasteiger charge is 2.45. The Morgan fingerprint density at radius 2 is 1.13 bits per heavy atom. The Kier molecular flexibility index (Phi) is 2.68. The molecule has 1 aliphatic rings. The quantitative estimate of drug-likeness (QED) is 0.197. The molecule has 0 atom stereocenters. The van der Waals surface area contributed by atoms with Crippen molar-refractivity contribution >= 4 is 21.8 Å². The summed E-state index contributed by atoms with van der Waals surface area (Å²) in [6, 6.07) is -8.04. The van der Waals surface area contributed by atoms with Crippen molar-refractivity contribution in [2.75, 3.05) is 0 Å². The summed E-state index contributed by atoms with van der Waals surface area (Å²) >= 11 is 0. The first-order chi connectivity index (χ1) is 31.5. The van der Waals surface area contributed by atoms with Gasteiger partial charge in [-0.05, 0) is 64.6 Å². The van der Waals surface area contributed by atoms with E-state index in [-0.39, 0.29) is 16.8 Å². The number of rotatable bonds is 4. The van der Waals surface area contributed by atoms with Gasteiger partial charge in [0.2, 0.25) is 0 Å². The summed E-state index contributed by atoms with van der Waals surface area (Å²) in [6.45, 7) is 0. The number of hydrogen-bond donors (Lipinski definition) is 0. The zero-order valence-corrected chi connectivity index (χ0v) is 22.9. The molecule has 0 radical (unpaired) electrons. The van der Waals surface area contributed by atoms with Crippen LogP contribution >= 0.6 is 0 Å². The van der Waals surface area contributed by atoms with Crippen molar-refractivity contribution in [1.29, 1.82) is 0 Å². The number of para-hydroxylation sites is 3. The van der Waals surface area contributed by atoms with E-state index in [4.69, 9.17) is 23.9 Å². The van der Waals surface area contributed by atoms with Gasteiger partial charge in [0.15, 0.2) is 0 Å². The average molecular weight is 598 g/mol. The van der Waals surface area contributed by atoms with Gasteiger partial charge < -0.3 is 9.30 Å². The fourth-order valence-corrected chi connectivity index (χ4v) is 5.97. The molecule has 7 aromatic carbocycles. The van der Waals surface area contributed by atoms with E-state index in [1.165, 1.54) is 22.8 Å². The number of benzene rings is 7. The fourth-order valence-electron chi connectivity index (χ4n) is 5.97. The van der Waals surface area contributed by atoms with Crippen LogP contribution in [0.25, 0.3) is 38.6 Å². The molecule has 45 heavy (non-hydrogen) atoms. The van der Waals surface area contributed by atoms with Crippen molar-refractivity contribution in [3.8, 4) is 28.3 Å². The summed E-state index contributed by atoms with van der Waals surface area (Å²) in [7, 11) is 0. The highest BCUT2D eigenvalue weighted by Crippen LogP contribution is 2.55. The third-order valence-corrected chi connectivity index (χ3v) is 7.81. The summed E-state index contributed by atoms with van der Waals surface area (Å²) in [6.07, 6.45) is 0. The van der Waals surface area contributed by atoms with Crippen LogP contribution in [0.5, 0.6) is 11.5 Å². The minimum absolute atomic E-state index is 0.0587. The predicted molar refractivity (Wildman–Crippen MR) is 185 cm³/mol. The Balaban J connectivity index is 1.48. The van der Waals surface area contributed by atoms with Gasteiger partial charge in [0.05, 0.1) is 46.6 Å². The summed E-state index contributed by atoms with van der Waals surface area (Å²) in [5, 5.41) is 0.881. The number of ether oxygens (including phenoxy) is 1. The van der Waals surface area contributed by atoms with Crippen molar-refractivity contribution in [3.05, 3.63) is 198 Å². The number of aromatic nitrogens is 1. The van der Waals surface area contributed by atoms with Crippen LogP contribution in [-0.2, 0) is 5.41 Å². The van der Waals surface area contributed by atoms with Crippen molar-refractivity contribution in [2.45, 2.75) is 5.41 Å². The first kappa shape index (κ1) is 11.9. The van der Waals surface area contributed by atoms with Gasteiger partial charge in [-0.3, -0.25) is 0 Å². The SMILES string of the molecule is [2H]c1c([2H])c([2H])c(-n2c3ccccc3c3cc(-c4c([2H])c([2H])c5c(c4[2H])Oc4c([2H])c([2H])c([2H])c([2H])c4C5(c4c([2H])c([2H])c([2H])c([2H])c4[2H])c4c([2H])c([2H])c([2H])c([2H])c4[2H])ccc32)c([2H])c1[2H]. The van der Waals surface area contributed by atoms with E-state index in [2.05, 4.69) is 0 Å². The zero-order valence-electron chi connectivity index (χ0n) is 44.9. The number of fused-ring (bicyclic) bond motifs is 5. The summed E-state index contributed by atoms with van der Waals surface area (Å²) in [5.41, 5.74) is -6.25. The van der Waals surface area contributed by atoms with Crippen molar-refractivity contribution in [1.82, 2.24) is 4.57 Å². The molecule has 0 aliphatic carbocycles. The highest BCUT2D eigenvalue weighted by molar-refractivity contribution is 6.10. The van der Waals surface area contributed by atoms with E-state index < -0.39 is 172 Å². The lowest BCUT2D eigenvalue weighted by Crippen LogP contribution is -2.34. The van der Waals surface area contributed by atoms with Crippen LogP contribution in [0.3, 0.4) is 0 Å². The Morgan fingerprint density at radius 1 is 0.511 bits per heavy atom. The van der Waals surface area contributed by atoms with Gasteiger partial charge in [-0.2, -0.15) is 0 Å². The second kappa shape index (κ2) is 10.1. The molecule has 2 nitrogen and oxygen atoms in total.